The zero-order valence-electron chi connectivity index (χ0n) is 18.0. The number of methoxy groups -OCH3 is 1. The number of aliphatic hydroxyl groups is 1. The Kier molecular flexibility index (Phi) is 8.09. The van der Waals surface area contributed by atoms with Gasteiger partial charge in [-0.15, -0.1) is 0 Å². The van der Waals surface area contributed by atoms with Crippen molar-refractivity contribution >= 4 is 0 Å². The lowest BCUT2D eigenvalue weighted by Gasteiger charge is -2.31. The third-order valence-corrected chi connectivity index (χ3v) is 5.71. The topological polar surface area (TPSA) is 71.4 Å². The number of ether oxygens (including phenoxy) is 2. The normalized spacial score (nSPS) is 19.7. The lowest BCUT2D eigenvalue weighted by atomic mass is 10.1. The molecular formula is C24H33N3O3+2. The van der Waals surface area contributed by atoms with Gasteiger partial charge in [-0.2, -0.15) is 5.26 Å². The number of nitrogens with one attached hydrogen (secondary N) is 2. The first-order valence-electron chi connectivity index (χ1n) is 10.6. The number of aliphatic hydroxyl groups excluding tert-OH is 1. The van der Waals surface area contributed by atoms with Gasteiger partial charge in [-0.25, -0.2) is 0 Å². The Balaban J connectivity index is 1.40. The maximum atomic E-state index is 10.4. The first-order valence-corrected chi connectivity index (χ1v) is 10.6. The minimum Gasteiger partial charge on any atom is -0.496 e. The van der Waals surface area contributed by atoms with Gasteiger partial charge in [0, 0.05) is 5.56 Å². The number of hydrogen-bond acceptors (Lipinski definition) is 4. The molecule has 1 atom stereocenters. The Hall–Kier alpha value is -2.59. The molecule has 0 spiro atoms. The summed E-state index contributed by atoms with van der Waals surface area (Å²) >= 11 is 0. The van der Waals surface area contributed by atoms with Crippen LogP contribution in [-0.4, -0.2) is 57.7 Å². The molecule has 0 aromatic heterocycles. The van der Waals surface area contributed by atoms with Gasteiger partial charge in [0.1, 0.15) is 63.5 Å². The number of piperazine rings is 1. The molecule has 0 aliphatic carbocycles. The van der Waals surface area contributed by atoms with Gasteiger partial charge in [-0.1, -0.05) is 23.8 Å². The maximum absolute atomic E-state index is 10.4. The molecule has 6 nitrogen and oxygen atoms in total. The fourth-order valence-corrected chi connectivity index (χ4v) is 4.03. The maximum Gasteiger partial charge on any atom is 0.137 e. The summed E-state index contributed by atoms with van der Waals surface area (Å²) in [7, 11) is 1.73. The van der Waals surface area contributed by atoms with Crippen LogP contribution in [0, 0.1) is 18.3 Å². The summed E-state index contributed by atoms with van der Waals surface area (Å²) in [5.74, 6) is 1.70. The van der Waals surface area contributed by atoms with Gasteiger partial charge < -0.3 is 24.4 Å². The number of nitriles is 1. The van der Waals surface area contributed by atoms with Gasteiger partial charge in [0.2, 0.25) is 0 Å². The summed E-state index contributed by atoms with van der Waals surface area (Å²) in [5, 5.41) is 19.1. The monoisotopic (exact) mass is 411 g/mol. The Morgan fingerprint density at radius 2 is 1.77 bits per heavy atom. The molecule has 1 saturated heterocycles. The van der Waals surface area contributed by atoms with E-state index in [4.69, 9.17) is 14.7 Å². The summed E-state index contributed by atoms with van der Waals surface area (Å²) in [5.41, 5.74) is 3.50. The van der Waals surface area contributed by atoms with Gasteiger partial charge in [0.05, 0.1) is 19.6 Å². The number of quaternary nitrogens is 2. The number of aryl methyl sites for hydroxylation is 1. The predicted molar refractivity (Wildman–Crippen MR) is 115 cm³/mol. The third-order valence-electron chi connectivity index (χ3n) is 5.71. The van der Waals surface area contributed by atoms with Crippen LogP contribution < -0.4 is 19.3 Å². The van der Waals surface area contributed by atoms with Crippen molar-refractivity contribution in [3.63, 3.8) is 0 Å². The molecule has 2 aromatic rings. The Morgan fingerprint density at radius 1 is 1.07 bits per heavy atom. The van der Waals surface area contributed by atoms with Crippen LogP contribution >= 0.6 is 0 Å². The van der Waals surface area contributed by atoms with Crippen molar-refractivity contribution in [2.75, 3.05) is 46.4 Å². The third kappa shape index (κ3) is 6.46. The van der Waals surface area contributed by atoms with Gasteiger partial charge in [0.15, 0.2) is 0 Å². The van der Waals surface area contributed by atoms with Crippen LogP contribution in [0.15, 0.2) is 42.5 Å². The molecule has 160 valence electrons. The van der Waals surface area contributed by atoms with E-state index in [1.807, 2.05) is 24.3 Å². The highest BCUT2D eigenvalue weighted by molar-refractivity contribution is 5.36. The average molecular weight is 412 g/mol. The molecule has 30 heavy (non-hydrogen) atoms. The van der Waals surface area contributed by atoms with Crippen LogP contribution in [0.5, 0.6) is 11.5 Å². The van der Waals surface area contributed by atoms with E-state index in [2.05, 4.69) is 31.2 Å². The van der Waals surface area contributed by atoms with E-state index in [0.29, 0.717) is 13.0 Å². The van der Waals surface area contributed by atoms with Crippen LogP contribution in [0.25, 0.3) is 0 Å². The molecule has 6 heteroatoms. The van der Waals surface area contributed by atoms with Crippen LogP contribution in [0.4, 0.5) is 0 Å². The van der Waals surface area contributed by atoms with Crippen LogP contribution in [0.1, 0.15) is 16.7 Å². The molecule has 0 saturated carbocycles. The molecular weight excluding hydrogens is 378 g/mol. The zero-order chi connectivity index (χ0) is 21.3. The minimum atomic E-state index is -0.489. The second-order valence-electron chi connectivity index (χ2n) is 8.14. The van der Waals surface area contributed by atoms with E-state index in [9.17, 15) is 5.11 Å². The number of rotatable bonds is 9. The highest BCUT2D eigenvalue weighted by Crippen LogP contribution is 2.18. The summed E-state index contributed by atoms with van der Waals surface area (Å²) in [4.78, 5) is 2.99. The van der Waals surface area contributed by atoms with Crippen molar-refractivity contribution in [3.05, 3.63) is 59.2 Å². The first kappa shape index (κ1) is 22.1. The summed E-state index contributed by atoms with van der Waals surface area (Å²) in [6.45, 7) is 8.34. The first-order chi connectivity index (χ1) is 14.6. The lowest BCUT2D eigenvalue weighted by Crippen LogP contribution is -3.28. The molecule has 0 radical (unpaired) electrons. The standard InChI is InChI=1S/C24H31N3O3/c1-19-3-8-24(29-2)21(15-19)16-26-11-13-27(14-12-26)17-22(28)18-30-23-6-4-20(5-7-23)9-10-25/h3-8,15,22,28H,9,11-14,16-18H2,1-2H3/p+2/t22-/m0/s1. The van der Waals surface area contributed by atoms with Gasteiger partial charge in [0.25, 0.3) is 0 Å². The van der Waals surface area contributed by atoms with Crippen molar-refractivity contribution in [1.82, 2.24) is 0 Å². The minimum absolute atomic E-state index is 0.290. The average Bonchev–Trinajstić information content (AvgIpc) is 2.75. The Bertz CT molecular complexity index is 840. The molecule has 1 fully saturated rings. The second-order valence-corrected chi connectivity index (χ2v) is 8.14. The van der Waals surface area contributed by atoms with Crippen LogP contribution in [0.3, 0.4) is 0 Å². The quantitative estimate of drug-likeness (QED) is 0.534. The zero-order valence-corrected chi connectivity index (χ0v) is 18.0. The van der Waals surface area contributed by atoms with E-state index in [1.54, 1.807) is 12.0 Å². The molecule has 0 amide bonds. The molecule has 1 aliphatic heterocycles. The van der Waals surface area contributed by atoms with Crippen molar-refractivity contribution in [2.24, 2.45) is 0 Å². The van der Waals surface area contributed by atoms with Crippen LogP contribution in [0.2, 0.25) is 0 Å². The molecule has 3 rings (SSSR count). The molecule has 2 aromatic carbocycles. The van der Waals surface area contributed by atoms with Crippen molar-refractivity contribution in [1.29, 1.82) is 5.26 Å². The molecule has 0 bridgehead atoms. The molecule has 3 N–H and O–H groups in total. The Morgan fingerprint density at radius 3 is 2.43 bits per heavy atom. The molecule has 1 heterocycles. The Labute approximate surface area is 179 Å². The molecule has 1 aliphatic rings. The predicted octanol–water partition coefficient (Wildman–Crippen LogP) is -0.207. The van der Waals surface area contributed by atoms with Gasteiger partial charge in [-0.3, -0.25) is 0 Å². The number of benzene rings is 2. The van der Waals surface area contributed by atoms with E-state index >= 15 is 0 Å². The van der Waals surface area contributed by atoms with Gasteiger partial charge in [-0.05, 0) is 36.8 Å². The number of nitrogens with zero attached hydrogens (tertiary/aromatic N) is 1. The largest absolute Gasteiger partial charge is 0.496 e. The summed E-state index contributed by atoms with van der Waals surface area (Å²) < 4.78 is 11.2. The van der Waals surface area contributed by atoms with Crippen molar-refractivity contribution in [3.8, 4) is 17.6 Å². The SMILES string of the molecule is COc1ccc(C)cc1C[NH+]1CC[NH+](C[C@H](O)COc2ccc(CC#N)cc2)CC1. The lowest BCUT2D eigenvalue weighted by molar-refractivity contribution is -1.02. The van der Waals surface area contributed by atoms with E-state index in [-0.39, 0.29) is 6.61 Å². The van der Waals surface area contributed by atoms with Crippen molar-refractivity contribution < 1.29 is 24.4 Å². The smallest absolute Gasteiger partial charge is 0.137 e. The summed E-state index contributed by atoms with van der Waals surface area (Å²) in [6.07, 6.45) is -0.0890. The number of hydrogen-bond donors (Lipinski definition) is 3. The van der Waals surface area contributed by atoms with Gasteiger partial charge >= 0.3 is 0 Å². The van der Waals surface area contributed by atoms with E-state index < -0.39 is 6.10 Å². The highest BCUT2D eigenvalue weighted by Gasteiger charge is 2.26. The summed E-state index contributed by atoms with van der Waals surface area (Å²) in [6, 6.07) is 16.0. The fraction of sp³-hybridized carbons (Fsp3) is 0.458. The highest BCUT2D eigenvalue weighted by atomic mass is 16.5. The second kappa shape index (κ2) is 11.0. The van der Waals surface area contributed by atoms with Crippen LogP contribution in [-0.2, 0) is 13.0 Å². The fourth-order valence-electron chi connectivity index (χ4n) is 4.03. The van der Waals surface area contributed by atoms with Crippen molar-refractivity contribution in [2.45, 2.75) is 26.0 Å². The molecule has 0 unspecified atom stereocenters. The van der Waals surface area contributed by atoms with E-state index in [0.717, 1.165) is 49.8 Å². The van der Waals surface area contributed by atoms with E-state index in [1.165, 1.54) is 16.0 Å².